The Bertz CT molecular complexity index is 1870. The van der Waals surface area contributed by atoms with E-state index < -0.39 is 29.4 Å². The molecule has 0 spiro atoms. The zero-order chi connectivity index (χ0) is 43.3. The Balaban J connectivity index is 1.81. The monoisotopic (exact) mass is 830 g/mol. The molecule has 0 aromatic heterocycles. The normalized spacial score (nSPS) is 23.6. The van der Waals surface area contributed by atoms with Gasteiger partial charge in [0.25, 0.3) is 5.91 Å². The van der Waals surface area contributed by atoms with Gasteiger partial charge in [-0.3, -0.25) is 4.79 Å². The van der Waals surface area contributed by atoms with Gasteiger partial charge in [0.2, 0.25) is 5.79 Å². The van der Waals surface area contributed by atoms with Gasteiger partial charge in [0.1, 0.15) is 23.1 Å². The third-order valence-corrected chi connectivity index (χ3v) is 11.2. The summed E-state index contributed by atoms with van der Waals surface area (Å²) >= 11 is 0. The van der Waals surface area contributed by atoms with Gasteiger partial charge < -0.3 is 49.3 Å². The van der Waals surface area contributed by atoms with E-state index in [0.29, 0.717) is 47.7 Å². The minimum absolute atomic E-state index is 0.00200. The van der Waals surface area contributed by atoms with E-state index in [1.807, 2.05) is 33.8 Å². The van der Waals surface area contributed by atoms with Crippen molar-refractivity contribution >= 4 is 17.7 Å². The van der Waals surface area contributed by atoms with Crippen LogP contribution >= 0.6 is 0 Å². The summed E-state index contributed by atoms with van der Waals surface area (Å²) < 4.78 is 25.8. The number of amides is 2. The summed E-state index contributed by atoms with van der Waals surface area (Å²) in [6.45, 7) is 12.2. The highest BCUT2D eigenvalue weighted by atomic mass is 16.7. The lowest BCUT2D eigenvalue weighted by Crippen LogP contribution is -2.70. The van der Waals surface area contributed by atoms with Crippen molar-refractivity contribution < 1.29 is 48.7 Å². The first-order valence-electron chi connectivity index (χ1n) is 21.2. The second kappa shape index (κ2) is 21.7. The first-order valence-corrected chi connectivity index (χ1v) is 21.2. The van der Waals surface area contributed by atoms with E-state index in [4.69, 9.17) is 28.9 Å². The lowest BCUT2D eigenvalue weighted by molar-refractivity contribution is -0.254. The summed E-state index contributed by atoms with van der Waals surface area (Å²) in [6.07, 6.45) is 7.72. The number of rotatable bonds is 21. The zero-order valence-electron chi connectivity index (χ0n) is 35.4. The lowest BCUT2D eigenvalue weighted by atomic mass is 9.55. The first kappa shape index (κ1) is 46.3. The van der Waals surface area contributed by atoms with Crippen molar-refractivity contribution in [3.8, 4) is 17.6 Å². The summed E-state index contributed by atoms with van der Waals surface area (Å²) in [4.78, 5) is 35.6. The molecule has 5 rings (SSSR count). The maximum atomic E-state index is 15.0. The molecule has 60 heavy (non-hydrogen) atoms. The van der Waals surface area contributed by atoms with Gasteiger partial charge >= 0.3 is 6.09 Å². The van der Waals surface area contributed by atoms with E-state index in [-0.39, 0.29) is 76.3 Å². The number of ether oxygens (including phenoxy) is 4. The van der Waals surface area contributed by atoms with Crippen molar-refractivity contribution in [2.75, 3.05) is 52.7 Å². The number of allylic oxidation sites excluding steroid dienone is 1. The molecule has 2 aromatic rings. The van der Waals surface area contributed by atoms with E-state index in [1.165, 1.54) is 0 Å². The number of hydrogen-bond acceptors (Lipinski definition) is 12. The van der Waals surface area contributed by atoms with Crippen LogP contribution in [0.4, 0.5) is 4.79 Å². The van der Waals surface area contributed by atoms with Crippen LogP contribution in [0, 0.1) is 29.1 Å². The van der Waals surface area contributed by atoms with E-state index in [2.05, 4.69) is 24.0 Å². The molecular formula is C46H62N4O10. The fourth-order valence-electron chi connectivity index (χ4n) is 8.77. The Morgan fingerprint density at radius 2 is 1.78 bits per heavy atom. The number of carbonyl (C=O) groups excluding carboxylic acids is 2. The number of carbonyl (C=O) groups is 2. The molecule has 3 aliphatic rings. The molecule has 14 heteroatoms. The van der Waals surface area contributed by atoms with Crippen LogP contribution in [-0.2, 0) is 14.3 Å². The molecule has 0 radical (unpaired) electrons. The molecule has 2 amide bonds. The number of unbranched alkanes of at least 4 members (excludes halogenated alkanes) is 2. The Kier molecular flexibility index (Phi) is 16.7. The molecule has 2 aliphatic carbocycles. The molecule has 1 heterocycles. The number of nitrogens with zero attached hydrogens (tertiary/aromatic N) is 3. The van der Waals surface area contributed by atoms with Gasteiger partial charge in [-0.2, -0.15) is 5.26 Å². The second-order valence-corrected chi connectivity index (χ2v) is 16.4. The van der Waals surface area contributed by atoms with Gasteiger partial charge in [-0.25, -0.2) is 4.79 Å². The lowest BCUT2D eigenvalue weighted by Gasteiger charge is -2.60. The number of fused-ring (bicyclic) bond motifs is 2. The number of oxime groups is 1. The van der Waals surface area contributed by atoms with Gasteiger partial charge in [-0.1, -0.05) is 30.1 Å². The Morgan fingerprint density at radius 1 is 1.05 bits per heavy atom. The van der Waals surface area contributed by atoms with Crippen LogP contribution in [0.1, 0.15) is 100 Å². The number of nitrogens with one attached hydrogen (secondary N) is 1. The Hall–Kier alpha value is -4.78. The molecule has 1 fully saturated rings. The van der Waals surface area contributed by atoms with Crippen molar-refractivity contribution in [1.82, 2.24) is 10.2 Å². The predicted molar refractivity (Wildman–Crippen MR) is 226 cm³/mol. The molecule has 6 unspecified atom stereocenters. The highest BCUT2D eigenvalue weighted by Crippen LogP contribution is 2.62. The minimum Gasteiger partial charge on any atom is -0.459 e. The van der Waals surface area contributed by atoms with E-state index in [1.54, 1.807) is 47.4 Å². The molecule has 1 saturated carbocycles. The van der Waals surface area contributed by atoms with Gasteiger partial charge in [0, 0.05) is 49.8 Å². The van der Waals surface area contributed by atoms with Crippen molar-refractivity contribution in [2.45, 2.75) is 96.0 Å². The molecule has 14 nitrogen and oxygen atoms in total. The van der Waals surface area contributed by atoms with E-state index in [0.717, 1.165) is 36.8 Å². The molecule has 0 bridgehead atoms. The van der Waals surface area contributed by atoms with Crippen LogP contribution in [0.3, 0.4) is 0 Å². The molecular weight excluding hydrogens is 769 g/mol. The number of aliphatic hydroxyl groups excluding tert-OH is 3. The predicted octanol–water partition coefficient (Wildman–Crippen LogP) is 6.25. The quantitative estimate of drug-likeness (QED) is 0.0632. The molecule has 4 N–H and O–H groups in total. The van der Waals surface area contributed by atoms with Crippen molar-refractivity contribution in [3.63, 3.8) is 0 Å². The topological polar surface area (TPSA) is 192 Å². The fourth-order valence-corrected chi connectivity index (χ4v) is 8.77. The molecule has 6 atom stereocenters. The summed E-state index contributed by atoms with van der Waals surface area (Å²) in [5.41, 5.74) is 2.38. The van der Waals surface area contributed by atoms with Crippen LogP contribution in [0.15, 0.2) is 71.9 Å². The minimum atomic E-state index is -1.54. The van der Waals surface area contributed by atoms with Crippen LogP contribution in [0.5, 0.6) is 11.5 Å². The van der Waals surface area contributed by atoms with Crippen molar-refractivity contribution in [1.29, 1.82) is 5.26 Å². The van der Waals surface area contributed by atoms with Gasteiger partial charge in [-0.15, -0.1) is 6.58 Å². The van der Waals surface area contributed by atoms with Crippen LogP contribution in [0.25, 0.3) is 0 Å². The summed E-state index contributed by atoms with van der Waals surface area (Å²) in [5, 5.41) is 46.4. The zero-order valence-corrected chi connectivity index (χ0v) is 35.4. The molecule has 1 aliphatic heterocycles. The number of nitriles is 1. The summed E-state index contributed by atoms with van der Waals surface area (Å²) in [6, 6.07) is 13.0. The highest BCUT2D eigenvalue weighted by Gasteiger charge is 2.65. The largest absolute Gasteiger partial charge is 0.459 e. The van der Waals surface area contributed by atoms with Gasteiger partial charge in [0.05, 0.1) is 49.7 Å². The summed E-state index contributed by atoms with van der Waals surface area (Å²) in [7, 11) is 0. The van der Waals surface area contributed by atoms with E-state index in [9.17, 15) is 30.2 Å². The highest BCUT2D eigenvalue weighted by molar-refractivity contribution is 6.03. The van der Waals surface area contributed by atoms with E-state index >= 15 is 0 Å². The van der Waals surface area contributed by atoms with Crippen LogP contribution < -0.4 is 14.8 Å². The number of aliphatic hydroxyl groups is 3. The Morgan fingerprint density at radius 3 is 2.43 bits per heavy atom. The maximum absolute atomic E-state index is 15.0. The maximum Gasteiger partial charge on any atom is 0.412 e. The van der Waals surface area contributed by atoms with Crippen molar-refractivity contribution in [3.05, 3.63) is 83.5 Å². The smallest absolute Gasteiger partial charge is 0.412 e. The van der Waals surface area contributed by atoms with Crippen molar-refractivity contribution in [2.24, 2.45) is 22.9 Å². The molecule has 0 saturated heterocycles. The van der Waals surface area contributed by atoms with Gasteiger partial charge in [0.15, 0.2) is 0 Å². The van der Waals surface area contributed by atoms with Gasteiger partial charge in [-0.05, 0) is 113 Å². The molecule has 2 aromatic carbocycles. The third kappa shape index (κ3) is 10.9. The number of hydrogen-bond donors (Lipinski definition) is 4. The standard InChI is InChI=1S/C46H62N4O10/c1-6-24-57-46-40(50(20-25-56-26-23-53)43(54)32-16-14-31(30-47)15-17-32)29-38(49-60-45(3,4)5)36-27-33(12-8-10-21-51)35(13-9-11-22-52)41(42(36)46)37-28-34(18-19-39(37)59-46)58-44(55)48-7-2/h6,14-19,27-28,33,35,40-42,51-53H,1,7-13,20-26,29H2,2-5H3,(H,48,55). The summed E-state index contributed by atoms with van der Waals surface area (Å²) in [5.74, 6) is -2.02. The fraction of sp³-hybridized carbons (Fsp3) is 0.565. The van der Waals surface area contributed by atoms with Crippen LogP contribution in [-0.4, -0.2) is 108 Å². The number of benzene rings is 2. The Labute approximate surface area is 353 Å². The average molecular weight is 831 g/mol. The second-order valence-electron chi connectivity index (χ2n) is 16.4. The SMILES string of the molecule is C=CCOC12Oc3ccc(OC(=O)NCC)cc3C3C(CCCCO)C(CCCCO)C=C(C(=NOC(C)(C)C)CC1N(CCOCCO)C(=O)c1ccc(C#N)cc1)C32. The third-order valence-electron chi connectivity index (χ3n) is 11.2. The molecule has 326 valence electrons. The van der Waals surface area contributed by atoms with Crippen LogP contribution in [0.2, 0.25) is 0 Å². The average Bonchev–Trinajstić information content (AvgIpc) is 3.23. The first-order chi connectivity index (χ1) is 28.9.